The molecular weight excluding hydrogens is 214 g/mol. The number of amides is 2. The lowest BCUT2D eigenvalue weighted by molar-refractivity contribution is -0.420. The van der Waals surface area contributed by atoms with Gasteiger partial charge in [0.05, 0.1) is 11.3 Å². The normalized spacial score (nSPS) is 16.6. The van der Waals surface area contributed by atoms with Gasteiger partial charge in [-0.2, -0.15) is 0 Å². The van der Waals surface area contributed by atoms with Gasteiger partial charge in [-0.3, -0.25) is 25.0 Å². The average Bonchev–Trinajstić information content (AvgIpc) is 2.12. The largest absolute Gasteiger partial charge is 0.383 e. The molecule has 86 valence electrons. The van der Waals surface area contributed by atoms with E-state index in [-0.39, 0.29) is 12.0 Å². The predicted octanol–water partition coefficient (Wildman–Crippen LogP) is -0.361. The molecule has 0 saturated carbocycles. The van der Waals surface area contributed by atoms with E-state index in [1.165, 1.54) is 6.08 Å². The monoisotopic (exact) mass is 225 g/mol. The second kappa shape index (κ2) is 4.56. The fourth-order valence-corrected chi connectivity index (χ4v) is 1.21. The van der Waals surface area contributed by atoms with Crippen LogP contribution < -0.4 is 5.32 Å². The molecule has 0 aliphatic carbocycles. The third-order valence-electron chi connectivity index (χ3n) is 1.88. The lowest BCUT2D eigenvalue weighted by Crippen LogP contribution is -2.38. The summed E-state index contributed by atoms with van der Waals surface area (Å²) in [5.41, 5.74) is -0.454. The van der Waals surface area contributed by atoms with E-state index in [4.69, 9.17) is 0 Å². The van der Waals surface area contributed by atoms with E-state index in [2.05, 4.69) is 0 Å². The molecule has 0 aromatic heterocycles. The Bertz CT molecular complexity index is 409. The molecule has 0 fully saturated rings. The Morgan fingerprint density at radius 2 is 2.06 bits per heavy atom. The van der Waals surface area contributed by atoms with Crippen molar-refractivity contribution in [2.24, 2.45) is 0 Å². The second-order valence-corrected chi connectivity index (χ2v) is 3.46. The van der Waals surface area contributed by atoms with Crippen molar-refractivity contribution in [1.29, 1.82) is 0 Å². The second-order valence-electron chi connectivity index (χ2n) is 3.46. The Hall–Kier alpha value is -2.18. The molecule has 7 heteroatoms. The average molecular weight is 225 g/mol. The number of allylic oxidation sites excluding steroid dienone is 1. The summed E-state index contributed by atoms with van der Waals surface area (Å²) < 4.78 is 0. The molecule has 2 amide bonds. The molecule has 0 saturated heterocycles. The van der Waals surface area contributed by atoms with Crippen LogP contribution in [0.3, 0.4) is 0 Å². The number of nitrogens with one attached hydrogen (secondary N) is 1. The maximum Gasteiger partial charge on any atom is 0.337 e. The van der Waals surface area contributed by atoms with Gasteiger partial charge in [-0.05, 0) is 12.3 Å². The summed E-state index contributed by atoms with van der Waals surface area (Å²) in [6.45, 7) is 0. The van der Waals surface area contributed by atoms with Crippen LogP contribution in [0.25, 0.3) is 0 Å². The first kappa shape index (κ1) is 11.9. The number of hydrogen-bond donors (Lipinski definition) is 1. The number of nitrogens with zero attached hydrogens (tertiary/aromatic N) is 2. The van der Waals surface area contributed by atoms with Crippen molar-refractivity contribution < 1.29 is 14.5 Å². The standard InChI is InChI=1S/C9H11N3O4/c1-11(2)4-3-6-5-7(13)10-9(14)8(6)12(15)16/h3-4H,5H2,1-2H3,(H,10,13,14)/b4-3+. The Balaban J connectivity index is 3.13. The minimum Gasteiger partial charge on any atom is -0.383 e. The zero-order valence-corrected chi connectivity index (χ0v) is 8.89. The van der Waals surface area contributed by atoms with Gasteiger partial charge in [-0.15, -0.1) is 0 Å². The summed E-state index contributed by atoms with van der Waals surface area (Å²) in [5, 5.41) is 12.6. The third kappa shape index (κ3) is 2.66. The molecule has 16 heavy (non-hydrogen) atoms. The maximum absolute atomic E-state index is 11.2. The van der Waals surface area contributed by atoms with Crippen molar-refractivity contribution in [3.63, 3.8) is 0 Å². The highest BCUT2D eigenvalue weighted by Crippen LogP contribution is 2.16. The number of rotatable bonds is 3. The molecule has 0 radical (unpaired) electrons. The highest BCUT2D eigenvalue weighted by molar-refractivity contribution is 6.07. The van der Waals surface area contributed by atoms with Crippen LogP contribution in [0.2, 0.25) is 0 Å². The van der Waals surface area contributed by atoms with Gasteiger partial charge in [0.1, 0.15) is 0 Å². The quantitative estimate of drug-likeness (QED) is 0.402. The first-order valence-electron chi connectivity index (χ1n) is 4.48. The van der Waals surface area contributed by atoms with E-state index in [0.717, 1.165) is 0 Å². The summed E-state index contributed by atoms with van der Waals surface area (Å²) >= 11 is 0. The van der Waals surface area contributed by atoms with Crippen LogP contribution in [0.1, 0.15) is 6.42 Å². The highest BCUT2D eigenvalue weighted by Gasteiger charge is 2.33. The van der Waals surface area contributed by atoms with E-state index in [0.29, 0.717) is 0 Å². The molecule has 0 aromatic carbocycles. The molecule has 0 unspecified atom stereocenters. The molecule has 1 rings (SSSR count). The minimum absolute atomic E-state index is 0.118. The Morgan fingerprint density at radius 3 is 2.56 bits per heavy atom. The fraction of sp³-hybridized carbons (Fsp3) is 0.333. The Morgan fingerprint density at radius 1 is 1.44 bits per heavy atom. The van der Waals surface area contributed by atoms with Gasteiger partial charge < -0.3 is 4.90 Å². The van der Waals surface area contributed by atoms with E-state index in [1.54, 1.807) is 25.2 Å². The first-order chi connectivity index (χ1) is 7.41. The van der Waals surface area contributed by atoms with Crippen LogP contribution in [0, 0.1) is 10.1 Å². The van der Waals surface area contributed by atoms with Crippen molar-refractivity contribution in [2.45, 2.75) is 6.42 Å². The maximum atomic E-state index is 11.2. The molecule has 7 nitrogen and oxygen atoms in total. The summed E-state index contributed by atoms with van der Waals surface area (Å²) in [7, 11) is 3.46. The van der Waals surface area contributed by atoms with Gasteiger partial charge in [0.15, 0.2) is 0 Å². The van der Waals surface area contributed by atoms with Crippen LogP contribution in [-0.2, 0) is 9.59 Å². The first-order valence-corrected chi connectivity index (χ1v) is 4.48. The summed E-state index contributed by atoms with van der Waals surface area (Å²) in [5.74, 6) is -1.49. The molecule has 0 bridgehead atoms. The summed E-state index contributed by atoms with van der Waals surface area (Å²) in [4.78, 5) is 33.8. The van der Waals surface area contributed by atoms with E-state index in [9.17, 15) is 19.7 Å². The molecule has 0 spiro atoms. The fourth-order valence-electron chi connectivity index (χ4n) is 1.21. The zero-order chi connectivity index (χ0) is 12.3. The topological polar surface area (TPSA) is 92.5 Å². The Kier molecular flexibility index (Phi) is 3.39. The van der Waals surface area contributed by atoms with E-state index < -0.39 is 22.4 Å². The minimum atomic E-state index is -0.959. The van der Waals surface area contributed by atoms with Gasteiger partial charge in [-0.1, -0.05) is 0 Å². The Labute approximate surface area is 91.6 Å². The van der Waals surface area contributed by atoms with Gasteiger partial charge >= 0.3 is 11.6 Å². The summed E-state index contributed by atoms with van der Waals surface area (Å²) in [6, 6.07) is 0. The number of carbonyl (C=O) groups excluding carboxylic acids is 2. The van der Waals surface area contributed by atoms with Crippen LogP contribution in [0.4, 0.5) is 0 Å². The van der Waals surface area contributed by atoms with Crippen molar-refractivity contribution in [3.8, 4) is 0 Å². The van der Waals surface area contributed by atoms with Crippen molar-refractivity contribution in [3.05, 3.63) is 33.7 Å². The lowest BCUT2D eigenvalue weighted by Gasteiger charge is -2.11. The van der Waals surface area contributed by atoms with Crippen molar-refractivity contribution in [2.75, 3.05) is 14.1 Å². The molecule has 1 aliphatic rings. The van der Waals surface area contributed by atoms with Crippen molar-refractivity contribution >= 4 is 11.8 Å². The number of imide groups is 1. The van der Waals surface area contributed by atoms with Gasteiger partial charge in [0.2, 0.25) is 5.91 Å². The molecule has 0 atom stereocenters. The summed E-state index contributed by atoms with van der Waals surface area (Å²) in [6.07, 6.45) is 2.78. The van der Waals surface area contributed by atoms with E-state index in [1.807, 2.05) is 5.32 Å². The molecule has 1 heterocycles. The van der Waals surface area contributed by atoms with Crippen LogP contribution >= 0.6 is 0 Å². The third-order valence-corrected chi connectivity index (χ3v) is 1.88. The van der Waals surface area contributed by atoms with Gasteiger partial charge in [0.25, 0.3) is 0 Å². The van der Waals surface area contributed by atoms with Crippen LogP contribution in [-0.4, -0.2) is 35.7 Å². The highest BCUT2D eigenvalue weighted by atomic mass is 16.6. The molecule has 1 aliphatic heterocycles. The number of carbonyl (C=O) groups is 2. The predicted molar refractivity (Wildman–Crippen MR) is 54.6 cm³/mol. The van der Waals surface area contributed by atoms with Crippen LogP contribution in [0.15, 0.2) is 23.5 Å². The van der Waals surface area contributed by atoms with Crippen molar-refractivity contribution in [1.82, 2.24) is 10.2 Å². The van der Waals surface area contributed by atoms with Gasteiger partial charge in [-0.25, -0.2) is 0 Å². The van der Waals surface area contributed by atoms with Crippen LogP contribution in [0.5, 0.6) is 0 Å². The zero-order valence-electron chi connectivity index (χ0n) is 8.89. The molecule has 0 aromatic rings. The number of nitro groups is 1. The number of hydrogen-bond acceptors (Lipinski definition) is 5. The smallest absolute Gasteiger partial charge is 0.337 e. The molecular formula is C9H11N3O4. The lowest BCUT2D eigenvalue weighted by atomic mass is 10.1. The SMILES string of the molecule is CN(C)/C=C/C1=C([N+](=O)[O-])C(=O)NC(=O)C1. The van der Waals surface area contributed by atoms with Gasteiger partial charge in [0, 0.05) is 19.7 Å². The molecule has 1 N–H and O–H groups in total. The van der Waals surface area contributed by atoms with E-state index >= 15 is 0 Å².